The lowest BCUT2D eigenvalue weighted by molar-refractivity contribution is -0.142. The Kier molecular flexibility index (Phi) is 10.0. The van der Waals surface area contributed by atoms with E-state index in [0.717, 1.165) is 5.56 Å². The molecule has 9 heteroatoms. The number of aromatic hydroxyl groups is 1. The highest BCUT2D eigenvalue weighted by molar-refractivity contribution is 7.98. The Balaban J connectivity index is 2.13. The van der Waals surface area contributed by atoms with E-state index in [2.05, 4.69) is 10.6 Å². The van der Waals surface area contributed by atoms with Crippen LogP contribution >= 0.6 is 11.8 Å². The van der Waals surface area contributed by atoms with E-state index in [1.165, 1.54) is 23.9 Å². The Labute approximate surface area is 191 Å². The van der Waals surface area contributed by atoms with Crippen molar-refractivity contribution in [1.82, 2.24) is 10.6 Å². The van der Waals surface area contributed by atoms with Gasteiger partial charge in [0.1, 0.15) is 17.8 Å². The molecule has 2 amide bonds. The molecule has 2 aromatic carbocycles. The molecule has 0 aromatic heterocycles. The smallest absolute Gasteiger partial charge is 0.326 e. The van der Waals surface area contributed by atoms with Crippen molar-refractivity contribution in [3.05, 3.63) is 65.7 Å². The molecule has 0 unspecified atom stereocenters. The third kappa shape index (κ3) is 8.24. The molecule has 8 nitrogen and oxygen atoms in total. The van der Waals surface area contributed by atoms with Gasteiger partial charge in [0.2, 0.25) is 11.8 Å². The van der Waals surface area contributed by atoms with Crippen molar-refractivity contribution in [2.45, 2.75) is 37.4 Å². The Hall–Kier alpha value is -3.04. The number of amides is 2. The summed E-state index contributed by atoms with van der Waals surface area (Å²) >= 11 is 1.48. The number of nitrogens with one attached hydrogen (secondary N) is 2. The summed E-state index contributed by atoms with van der Waals surface area (Å²) < 4.78 is 0. The molecule has 0 bridgehead atoms. The van der Waals surface area contributed by atoms with E-state index in [1.54, 1.807) is 12.1 Å². The second-order valence-corrected chi connectivity index (χ2v) is 8.39. The molecular formula is C23H29N3O5S. The first-order valence-electron chi connectivity index (χ1n) is 10.2. The van der Waals surface area contributed by atoms with Crippen LogP contribution in [0.25, 0.3) is 0 Å². The van der Waals surface area contributed by atoms with Crippen molar-refractivity contribution >= 4 is 29.5 Å². The fourth-order valence-electron chi connectivity index (χ4n) is 3.08. The van der Waals surface area contributed by atoms with E-state index in [-0.39, 0.29) is 18.6 Å². The third-order valence-electron chi connectivity index (χ3n) is 4.87. The van der Waals surface area contributed by atoms with Crippen LogP contribution in [0.3, 0.4) is 0 Å². The topological polar surface area (TPSA) is 142 Å². The van der Waals surface area contributed by atoms with E-state index in [9.17, 15) is 24.6 Å². The number of rotatable bonds is 12. The molecule has 0 saturated heterocycles. The van der Waals surface area contributed by atoms with Gasteiger partial charge < -0.3 is 26.6 Å². The van der Waals surface area contributed by atoms with Crippen LogP contribution in [-0.4, -0.2) is 58.1 Å². The van der Waals surface area contributed by atoms with Crippen molar-refractivity contribution < 1.29 is 24.6 Å². The zero-order valence-electron chi connectivity index (χ0n) is 17.9. The van der Waals surface area contributed by atoms with Gasteiger partial charge in [0.25, 0.3) is 0 Å². The number of benzene rings is 2. The minimum Gasteiger partial charge on any atom is -0.508 e. The molecule has 172 valence electrons. The summed E-state index contributed by atoms with van der Waals surface area (Å²) in [5, 5.41) is 24.1. The molecule has 2 aromatic rings. The van der Waals surface area contributed by atoms with Crippen molar-refractivity contribution in [2.75, 3.05) is 12.0 Å². The Morgan fingerprint density at radius 1 is 0.906 bits per heavy atom. The number of phenolic OH excluding ortho intramolecular Hbond substituents is 1. The number of hydrogen-bond acceptors (Lipinski definition) is 6. The van der Waals surface area contributed by atoms with Crippen LogP contribution in [0.2, 0.25) is 0 Å². The minimum atomic E-state index is -1.14. The summed E-state index contributed by atoms with van der Waals surface area (Å²) in [5.74, 6) is -1.61. The molecule has 0 aliphatic carbocycles. The highest BCUT2D eigenvalue weighted by Gasteiger charge is 2.28. The molecule has 0 heterocycles. The van der Waals surface area contributed by atoms with E-state index >= 15 is 0 Å². The highest BCUT2D eigenvalue weighted by Crippen LogP contribution is 2.12. The second kappa shape index (κ2) is 12.7. The lowest BCUT2D eigenvalue weighted by Crippen LogP contribution is -2.55. The number of aliphatic carboxylic acids is 1. The molecule has 0 spiro atoms. The maximum Gasteiger partial charge on any atom is 0.326 e. The number of carbonyl (C=O) groups is 3. The summed E-state index contributed by atoms with van der Waals surface area (Å²) in [5.41, 5.74) is 7.63. The summed E-state index contributed by atoms with van der Waals surface area (Å²) in [7, 11) is 0. The molecule has 3 atom stereocenters. The van der Waals surface area contributed by atoms with Crippen LogP contribution in [0.15, 0.2) is 54.6 Å². The summed E-state index contributed by atoms with van der Waals surface area (Å²) in [4.78, 5) is 37.2. The fraction of sp³-hybridized carbons (Fsp3) is 0.348. The van der Waals surface area contributed by atoms with E-state index < -0.39 is 35.9 Å². The monoisotopic (exact) mass is 459 g/mol. The average Bonchev–Trinajstić information content (AvgIpc) is 2.77. The van der Waals surface area contributed by atoms with Gasteiger partial charge in [-0.3, -0.25) is 9.59 Å². The third-order valence-corrected chi connectivity index (χ3v) is 5.51. The molecule has 0 aliphatic heterocycles. The van der Waals surface area contributed by atoms with E-state index in [0.29, 0.717) is 17.7 Å². The average molecular weight is 460 g/mol. The number of carbonyl (C=O) groups excluding carboxylic acids is 2. The van der Waals surface area contributed by atoms with E-state index in [4.69, 9.17) is 5.73 Å². The van der Waals surface area contributed by atoms with Crippen molar-refractivity contribution in [1.29, 1.82) is 0 Å². The molecule has 0 fully saturated rings. The Morgan fingerprint density at radius 3 is 2.09 bits per heavy atom. The number of nitrogens with two attached hydrogens (primary N) is 1. The number of hydrogen-bond donors (Lipinski definition) is 5. The van der Waals surface area contributed by atoms with Crippen molar-refractivity contribution in [2.24, 2.45) is 5.73 Å². The largest absolute Gasteiger partial charge is 0.508 e. The first-order chi connectivity index (χ1) is 15.3. The maximum absolute atomic E-state index is 12.9. The number of carboxylic acid groups (broad SMARTS) is 1. The zero-order chi connectivity index (χ0) is 23.5. The zero-order valence-corrected chi connectivity index (χ0v) is 18.7. The number of phenols is 1. The standard InChI is InChI=1S/C23H29N3O5S/c1-32-12-11-19(23(30)31)25-22(29)20(14-16-7-9-17(27)10-8-16)26-21(28)18(24)13-15-5-3-2-4-6-15/h2-10,18-20,27H,11-14,24H2,1H3,(H,25,29)(H,26,28)(H,30,31)/t18-,19-,20-/m0/s1. The summed E-state index contributed by atoms with van der Waals surface area (Å²) in [6.45, 7) is 0. The molecule has 0 saturated carbocycles. The van der Waals surface area contributed by atoms with Gasteiger partial charge in [-0.2, -0.15) is 11.8 Å². The van der Waals surface area contributed by atoms with Crippen LogP contribution in [0.5, 0.6) is 5.75 Å². The molecule has 6 N–H and O–H groups in total. The first kappa shape index (κ1) is 25.2. The molecule has 0 aliphatic rings. The minimum absolute atomic E-state index is 0.0756. The fourth-order valence-corrected chi connectivity index (χ4v) is 3.55. The number of thioether (sulfide) groups is 1. The molecular weight excluding hydrogens is 430 g/mol. The summed E-state index contributed by atoms with van der Waals surface area (Å²) in [6, 6.07) is 12.5. The Morgan fingerprint density at radius 2 is 1.50 bits per heavy atom. The van der Waals surface area contributed by atoms with Gasteiger partial charge in [0.05, 0.1) is 6.04 Å². The lowest BCUT2D eigenvalue weighted by atomic mass is 10.0. The molecule has 2 rings (SSSR count). The summed E-state index contributed by atoms with van der Waals surface area (Å²) in [6.07, 6.45) is 2.52. The predicted octanol–water partition coefficient (Wildman–Crippen LogP) is 1.31. The molecule has 32 heavy (non-hydrogen) atoms. The Bertz CT molecular complexity index is 892. The lowest BCUT2D eigenvalue weighted by Gasteiger charge is -2.23. The van der Waals surface area contributed by atoms with Crippen LogP contribution < -0.4 is 16.4 Å². The van der Waals surface area contributed by atoms with Crippen LogP contribution in [0, 0.1) is 0 Å². The van der Waals surface area contributed by atoms with Gasteiger partial charge in [0, 0.05) is 6.42 Å². The maximum atomic E-state index is 12.9. The first-order valence-corrected chi connectivity index (χ1v) is 11.6. The normalized spacial score (nSPS) is 13.6. The van der Waals surface area contributed by atoms with E-state index in [1.807, 2.05) is 36.6 Å². The van der Waals surface area contributed by atoms with Crippen LogP contribution in [0.4, 0.5) is 0 Å². The van der Waals surface area contributed by atoms with Gasteiger partial charge in [0.15, 0.2) is 0 Å². The van der Waals surface area contributed by atoms with Gasteiger partial charge >= 0.3 is 5.97 Å². The number of carboxylic acids is 1. The quantitative estimate of drug-likeness (QED) is 0.322. The predicted molar refractivity (Wildman–Crippen MR) is 124 cm³/mol. The van der Waals surface area contributed by atoms with Gasteiger partial charge in [-0.25, -0.2) is 4.79 Å². The highest BCUT2D eigenvalue weighted by atomic mass is 32.2. The van der Waals surface area contributed by atoms with Crippen LogP contribution in [-0.2, 0) is 27.2 Å². The van der Waals surface area contributed by atoms with Crippen molar-refractivity contribution in [3.63, 3.8) is 0 Å². The van der Waals surface area contributed by atoms with Gasteiger partial charge in [-0.05, 0) is 48.1 Å². The SMILES string of the molecule is CSCC[C@H](NC(=O)[C@H](Cc1ccc(O)cc1)NC(=O)[C@@H](N)Cc1ccccc1)C(=O)O. The molecule has 0 radical (unpaired) electrons. The van der Waals surface area contributed by atoms with Gasteiger partial charge in [-0.15, -0.1) is 0 Å². The van der Waals surface area contributed by atoms with Gasteiger partial charge in [-0.1, -0.05) is 42.5 Å². The van der Waals surface area contributed by atoms with Crippen LogP contribution in [0.1, 0.15) is 17.5 Å². The van der Waals surface area contributed by atoms with Crippen molar-refractivity contribution in [3.8, 4) is 5.75 Å². The second-order valence-electron chi connectivity index (χ2n) is 7.41.